The van der Waals surface area contributed by atoms with Gasteiger partial charge in [-0.05, 0) is 24.5 Å². The Balaban J connectivity index is 1.55. The fourth-order valence-corrected chi connectivity index (χ4v) is 4.86. The molecular weight excluding hydrogens is 326 g/mol. The molecule has 5 rings (SSSR count). The number of aromatic nitrogens is 4. The Bertz CT molecular complexity index is 974. The van der Waals surface area contributed by atoms with E-state index in [0.29, 0.717) is 16.7 Å². The van der Waals surface area contributed by atoms with Crippen molar-refractivity contribution in [3.63, 3.8) is 0 Å². The Morgan fingerprint density at radius 2 is 1.92 bits per heavy atom. The summed E-state index contributed by atoms with van der Waals surface area (Å²) in [4.78, 5) is 19.7. The first kappa shape index (κ1) is 15.5. The number of rotatable bonds is 2. The van der Waals surface area contributed by atoms with Gasteiger partial charge in [-0.1, -0.05) is 48.4 Å². The van der Waals surface area contributed by atoms with Gasteiger partial charge < -0.3 is 4.90 Å². The maximum atomic E-state index is 13.4. The van der Waals surface area contributed by atoms with Crippen LogP contribution in [0.1, 0.15) is 47.6 Å². The van der Waals surface area contributed by atoms with Crippen molar-refractivity contribution in [3.05, 3.63) is 53.7 Å². The molecule has 0 N–H and O–H groups in total. The van der Waals surface area contributed by atoms with Gasteiger partial charge in [0.05, 0.1) is 11.6 Å². The van der Waals surface area contributed by atoms with Crippen molar-refractivity contribution in [2.75, 3.05) is 6.54 Å². The van der Waals surface area contributed by atoms with E-state index in [-0.39, 0.29) is 17.4 Å². The topological polar surface area (TPSA) is 63.9 Å². The molecule has 1 aromatic carbocycles. The number of pyridine rings is 1. The predicted molar refractivity (Wildman–Crippen MR) is 97.4 cm³/mol. The molecule has 3 heterocycles. The van der Waals surface area contributed by atoms with E-state index in [1.807, 2.05) is 11.0 Å². The summed E-state index contributed by atoms with van der Waals surface area (Å²) in [6.45, 7) is 0.829. The number of carbonyl (C=O) groups excluding carboxylic acids is 1. The van der Waals surface area contributed by atoms with Gasteiger partial charge >= 0.3 is 0 Å². The first-order valence-electron chi connectivity index (χ1n) is 9.20. The molecule has 2 aromatic heterocycles. The molecule has 1 saturated carbocycles. The zero-order valence-corrected chi connectivity index (χ0v) is 14.8. The summed E-state index contributed by atoms with van der Waals surface area (Å²) < 4.78 is 1.61. The van der Waals surface area contributed by atoms with Gasteiger partial charge in [0.1, 0.15) is 5.52 Å². The highest BCUT2D eigenvalue weighted by Gasteiger charge is 2.56. The maximum absolute atomic E-state index is 13.4. The average molecular weight is 347 g/mol. The fourth-order valence-electron chi connectivity index (χ4n) is 4.86. The number of hydrogen-bond acceptors (Lipinski definition) is 4. The molecule has 132 valence electrons. The third-order valence-electron chi connectivity index (χ3n) is 6.07. The van der Waals surface area contributed by atoms with Gasteiger partial charge in [-0.2, -0.15) is 0 Å². The lowest BCUT2D eigenvalue weighted by Crippen LogP contribution is -2.59. The second kappa shape index (κ2) is 5.62. The number of amides is 1. The molecule has 1 atom stereocenters. The minimum Gasteiger partial charge on any atom is -0.330 e. The number of fused-ring (bicyclic) bond motifs is 1. The van der Waals surface area contributed by atoms with Crippen molar-refractivity contribution in [2.45, 2.75) is 31.7 Å². The molecule has 6 nitrogen and oxygen atoms in total. The van der Waals surface area contributed by atoms with Crippen molar-refractivity contribution in [3.8, 4) is 0 Å². The highest BCUT2D eigenvalue weighted by Crippen LogP contribution is 2.58. The Kier molecular flexibility index (Phi) is 3.35. The zero-order valence-electron chi connectivity index (χ0n) is 14.8. The molecule has 1 aliphatic heterocycles. The van der Waals surface area contributed by atoms with Gasteiger partial charge in [-0.15, -0.1) is 5.10 Å². The quantitative estimate of drug-likeness (QED) is 0.714. The van der Waals surface area contributed by atoms with E-state index < -0.39 is 0 Å². The van der Waals surface area contributed by atoms with Gasteiger partial charge in [0, 0.05) is 25.2 Å². The highest BCUT2D eigenvalue weighted by molar-refractivity contribution is 6.04. The fraction of sp³-hybridized carbons (Fsp3) is 0.400. The van der Waals surface area contributed by atoms with Crippen LogP contribution in [0.2, 0.25) is 0 Å². The SMILES string of the molecule is Cn1nnc2c(C(=O)N3CC4(CCCC4)[C@@H]3c3ccccc3)ccnc21. The molecule has 2 aliphatic rings. The normalized spacial score (nSPS) is 21.3. The lowest BCUT2D eigenvalue weighted by molar-refractivity contribution is -0.0510. The van der Waals surface area contributed by atoms with Crippen molar-refractivity contribution in [1.29, 1.82) is 0 Å². The van der Waals surface area contributed by atoms with Crippen LogP contribution in [0.3, 0.4) is 0 Å². The Morgan fingerprint density at radius 3 is 2.69 bits per heavy atom. The molecule has 1 saturated heterocycles. The molecule has 26 heavy (non-hydrogen) atoms. The van der Waals surface area contributed by atoms with E-state index in [1.54, 1.807) is 24.0 Å². The molecular formula is C20H21N5O. The van der Waals surface area contributed by atoms with Crippen LogP contribution in [0, 0.1) is 5.41 Å². The summed E-state index contributed by atoms with van der Waals surface area (Å²) in [6, 6.07) is 12.4. The number of carbonyl (C=O) groups is 1. The molecule has 2 fully saturated rings. The monoisotopic (exact) mass is 347 g/mol. The van der Waals surface area contributed by atoms with E-state index >= 15 is 0 Å². The van der Waals surface area contributed by atoms with Gasteiger partial charge in [0.2, 0.25) is 0 Å². The Labute approximate surface area is 151 Å². The molecule has 1 spiro atoms. The highest BCUT2D eigenvalue weighted by atomic mass is 16.2. The minimum atomic E-state index is 0.0317. The van der Waals surface area contributed by atoms with Crippen molar-refractivity contribution in [2.24, 2.45) is 12.5 Å². The molecule has 0 radical (unpaired) electrons. The van der Waals surface area contributed by atoms with Crippen molar-refractivity contribution in [1.82, 2.24) is 24.9 Å². The van der Waals surface area contributed by atoms with Crippen LogP contribution in [0.25, 0.3) is 11.2 Å². The molecule has 1 aliphatic carbocycles. The lowest BCUT2D eigenvalue weighted by atomic mass is 9.67. The van der Waals surface area contributed by atoms with Gasteiger partial charge in [0.15, 0.2) is 5.65 Å². The number of hydrogen-bond donors (Lipinski definition) is 0. The predicted octanol–water partition coefficient (Wildman–Crippen LogP) is 3.12. The van der Waals surface area contributed by atoms with Crippen molar-refractivity contribution < 1.29 is 4.79 Å². The van der Waals surface area contributed by atoms with Crippen molar-refractivity contribution >= 4 is 17.1 Å². The number of nitrogens with zero attached hydrogens (tertiary/aromatic N) is 5. The molecule has 6 heteroatoms. The van der Waals surface area contributed by atoms with E-state index in [9.17, 15) is 4.79 Å². The number of aryl methyl sites for hydroxylation is 1. The number of benzene rings is 1. The van der Waals surface area contributed by atoms with Crippen LogP contribution in [-0.4, -0.2) is 37.3 Å². The van der Waals surface area contributed by atoms with E-state index in [1.165, 1.54) is 31.2 Å². The lowest BCUT2D eigenvalue weighted by Gasteiger charge is -2.56. The molecule has 3 aromatic rings. The summed E-state index contributed by atoms with van der Waals surface area (Å²) in [5, 5.41) is 8.19. The van der Waals surface area contributed by atoms with Crippen LogP contribution in [-0.2, 0) is 7.05 Å². The second-order valence-corrected chi connectivity index (χ2v) is 7.56. The van der Waals surface area contributed by atoms with E-state index in [0.717, 1.165) is 6.54 Å². The summed E-state index contributed by atoms with van der Waals surface area (Å²) in [5.74, 6) is 0.0317. The summed E-state index contributed by atoms with van der Waals surface area (Å²) in [7, 11) is 1.79. The van der Waals surface area contributed by atoms with Crippen LogP contribution >= 0.6 is 0 Å². The average Bonchev–Trinajstić information content (AvgIpc) is 3.29. The van der Waals surface area contributed by atoms with Gasteiger partial charge in [-0.3, -0.25) is 4.79 Å². The molecule has 1 amide bonds. The van der Waals surface area contributed by atoms with Gasteiger partial charge in [-0.25, -0.2) is 9.67 Å². The smallest absolute Gasteiger partial charge is 0.256 e. The number of likely N-dealkylation sites (tertiary alicyclic amines) is 1. The Morgan fingerprint density at radius 1 is 1.15 bits per heavy atom. The van der Waals surface area contributed by atoms with Crippen LogP contribution in [0.15, 0.2) is 42.6 Å². The summed E-state index contributed by atoms with van der Waals surface area (Å²) in [5.41, 5.74) is 3.30. The van der Waals surface area contributed by atoms with E-state index in [4.69, 9.17) is 0 Å². The van der Waals surface area contributed by atoms with Gasteiger partial charge in [0.25, 0.3) is 5.91 Å². The summed E-state index contributed by atoms with van der Waals surface area (Å²) in [6.07, 6.45) is 6.59. The Hall–Kier alpha value is -2.76. The van der Waals surface area contributed by atoms with Crippen LogP contribution in [0.4, 0.5) is 0 Å². The maximum Gasteiger partial charge on any atom is 0.256 e. The minimum absolute atomic E-state index is 0.0317. The van der Waals surface area contributed by atoms with E-state index in [2.05, 4.69) is 39.6 Å². The van der Waals surface area contributed by atoms with Crippen LogP contribution < -0.4 is 0 Å². The van der Waals surface area contributed by atoms with Crippen LogP contribution in [0.5, 0.6) is 0 Å². The molecule has 0 unspecified atom stereocenters. The first-order valence-corrected chi connectivity index (χ1v) is 9.20. The third-order valence-corrected chi connectivity index (χ3v) is 6.07. The first-order chi connectivity index (χ1) is 12.7. The zero-order chi connectivity index (χ0) is 17.7. The summed E-state index contributed by atoms with van der Waals surface area (Å²) >= 11 is 0. The molecule has 0 bridgehead atoms. The second-order valence-electron chi connectivity index (χ2n) is 7.56. The standard InChI is InChI=1S/C20H21N5O/c1-24-18-16(22-23-24)15(9-12-21-18)19(26)25-13-20(10-5-6-11-20)17(25)14-7-3-2-4-8-14/h2-4,7-9,12,17H,5-6,10-11,13H2,1H3/t17-/m0/s1. The largest absolute Gasteiger partial charge is 0.330 e. The third kappa shape index (κ3) is 2.11.